The molecule has 1 N–H and O–H groups in total. The second kappa shape index (κ2) is 8.67. The molecule has 0 unspecified atom stereocenters. The minimum atomic E-state index is -0.311. The van der Waals surface area contributed by atoms with Gasteiger partial charge in [-0.3, -0.25) is 4.79 Å². The first-order chi connectivity index (χ1) is 12.9. The van der Waals surface area contributed by atoms with Gasteiger partial charge in [-0.25, -0.2) is 4.98 Å². The number of benzene rings is 1. The molecule has 0 radical (unpaired) electrons. The van der Waals surface area contributed by atoms with E-state index in [0.29, 0.717) is 11.0 Å². The number of hydrogen-bond donors (Lipinski definition) is 1. The SMILES string of the molecule is Cc1cccc(-c2nnc(S[C@@H](C)C(=O)Nc3nccs3)n2CC(C)C)c1. The third-order valence-electron chi connectivity index (χ3n) is 3.85. The van der Waals surface area contributed by atoms with E-state index in [4.69, 9.17) is 0 Å². The zero-order valence-electron chi connectivity index (χ0n) is 15.8. The largest absolute Gasteiger partial charge is 0.302 e. The lowest BCUT2D eigenvalue weighted by Gasteiger charge is -2.15. The Hall–Kier alpha value is -2.19. The summed E-state index contributed by atoms with van der Waals surface area (Å²) in [6, 6.07) is 8.23. The smallest absolute Gasteiger partial charge is 0.239 e. The molecule has 0 spiro atoms. The molecule has 0 aliphatic rings. The van der Waals surface area contributed by atoms with Crippen LogP contribution in [-0.4, -0.2) is 30.9 Å². The minimum Gasteiger partial charge on any atom is -0.302 e. The van der Waals surface area contributed by atoms with Gasteiger partial charge in [0.1, 0.15) is 0 Å². The van der Waals surface area contributed by atoms with Gasteiger partial charge in [0.2, 0.25) is 5.91 Å². The van der Waals surface area contributed by atoms with Crippen LogP contribution in [0.15, 0.2) is 41.0 Å². The number of nitrogens with one attached hydrogen (secondary N) is 1. The van der Waals surface area contributed by atoms with Crippen LogP contribution in [-0.2, 0) is 11.3 Å². The zero-order chi connectivity index (χ0) is 19.4. The van der Waals surface area contributed by atoms with Crippen molar-refractivity contribution in [2.24, 2.45) is 5.92 Å². The summed E-state index contributed by atoms with van der Waals surface area (Å²) in [6.45, 7) is 9.04. The molecular weight excluding hydrogens is 378 g/mol. The van der Waals surface area contributed by atoms with E-state index in [9.17, 15) is 4.79 Å². The van der Waals surface area contributed by atoms with E-state index in [1.54, 1.807) is 6.20 Å². The summed E-state index contributed by atoms with van der Waals surface area (Å²) in [6.07, 6.45) is 1.67. The number of amides is 1. The molecule has 2 heterocycles. The summed E-state index contributed by atoms with van der Waals surface area (Å²) < 4.78 is 2.11. The van der Waals surface area contributed by atoms with Crippen LogP contribution in [0.5, 0.6) is 0 Å². The van der Waals surface area contributed by atoms with Gasteiger partial charge in [-0.1, -0.05) is 49.4 Å². The summed E-state index contributed by atoms with van der Waals surface area (Å²) >= 11 is 2.82. The first-order valence-corrected chi connectivity index (χ1v) is 10.6. The van der Waals surface area contributed by atoms with Gasteiger partial charge in [-0.15, -0.1) is 21.5 Å². The van der Waals surface area contributed by atoms with Crippen molar-refractivity contribution in [3.8, 4) is 11.4 Å². The molecule has 0 saturated carbocycles. The van der Waals surface area contributed by atoms with Gasteiger partial charge in [-0.2, -0.15) is 0 Å². The second-order valence-electron chi connectivity index (χ2n) is 6.77. The molecule has 0 bridgehead atoms. The van der Waals surface area contributed by atoms with Crippen molar-refractivity contribution >= 4 is 34.1 Å². The predicted octanol–water partition coefficient (Wildman–Crippen LogP) is 4.49. The quantitative estimate of drug-likeness (QED) is 0.591. The average molecular weight is 402 g/mol. The van der Waals surface area contributed by atoms with Crippen LogP contribution in [0.25, 0.3) is 11.4 Å². The summed E-state index contributed by atoms with van der Waals surface area (Å²) in [5.74, 6) is 1.18. The van der Waals surface area contributed by atoms with E-state index >= 15 is 0 Å². The first-order valence-electron chi connectivity index (χ1n) is 8.81. The number of thioether (sulfide) groups is 1. The van der Waals surface area contributed by atoms with Crippen molar-refractivity contribution < 1.29 is 4.79 Å². The Bertz CT molecular complexity index is 905. The Morgan fingerprint density at radius 3 is 2.78 bits per heavy atom. The standard InChI is InChI=1S/C19H23N5OS2/c1-12(2)11-24-16(15-7-5-6-13(3)10-15)22-23-19(24)27-14(4)17(25)21-18-20-8-9-26-18/h5-10,12,14H,11H2,1-4H3,(H,20,21,25)/t14-/m0/s1. The van der Waals surface area contributed by atoms with E-state index in [1.165, 1.54) is 28.7 Å². The Balaban J connectivity index is 1.83. The van der Waals surface area contributed by atoms with Crippen molar-refractivity contribution in [3.63, 3.8) is 0 Å². The molecule has 27 heavy (non-hydrogen) atoms. The number of aromatic nitrogens is 4. The zero-order valence-corrected chi connectivity index (χ0v) is 17.5. The van der Waals surface area contributed by atoms with Crippen molar-refractivity contribution in [2.45, 2.75) is 44.6 Å². The molecule has 0 aliphatic carbocycles. The molecule has 142 valence electrons. The van der Waals surface area contributed by atoms with Gasteiger partial charge in [0.15, 0.2) is 16.1 Å². The topological polar surface area (TPSA) is 72.7 Å². The molecule has 8 heteroatoms. The third-order valence-corrected chi connectivity index (χ3v) is 5.62. The van der Waals surface area contributed by atoms with Gasteiger partial charge in [0.25, 0.3) is 0 Å². The van der Waals surface area contributed by atoms with Crippen LogP contribution in [0.3, 0.4) is 0 Å². The fraction of sp³-hybridized carbons (Fsp3) is 0.368. The number of carbonyl (C=O) groups excluding carboxylic acids is 1. The summed E-state index contributed by atoms with van der Waals surface area (Å²) in [5.41, 5.74) is 2.21. The van der Waals surface area contributed by atoms with Crippen molar-refractivity contribution in [3.05, 3.63) is 41.4 Å². The van der Waals surface area contributed by atoms with Gasteiger partial charge < -0.3 is 9.88 Å². The maximum Gasteiger partial charge on any atom is 0.239 e. The summed E-state index contributed by atoms with van der Waals surface area (Å²) in [5, 5.41) is 14.5. The molecule has 2 aromatic heterocycles. The van der Waals surface area contributed by atoms with E-state index < -0.39 is 0 Å². The summed E-state index contributed by atoms with van der Waals surface area (Å²) in [4.78, 5) is 16.5. The molecule has 0 saturated heterocycles. The fourth-order valence-electron chi connectivity index (χ4n) is 2.61. The van der Waals surface area contributed by atoms with Gasteiger partial charge >= 0.3 is 0 Å². The van der Waals surface area contributed by atoms with Crippen molar-refractivity contribution in [1.29, 1.82) is 0 Å². The van der Waals surface area contributed by atoms with Crippen molar-refractivity contribution in [1.82, 2.24) is 19.7 Å². The van der Waals surface area contributed by atoms with Crippen LogP contribution in [0, 0.1) is 12.8 Å². The minimum absolute atomic E-state index is 0.0915. The van der Waals surface area contributed by atoms with Crippen molar-refractivity contribution in [2.75, 3.05) is 5.32 Å². The average Bonchev–Trinajstić information content (AvgIpc) is 3.25. The molecule has 3 rings (SSSR count). The lowest BCUT2D eigenvalue weighted by Crippen LogP contribution is -2.23. The van der Waals surface area contributed by atoms with Crippen LogP contribution in [0.2, 0.25) is 0 Å². The molecule has 1 amide bonds. The number of aryl methyl sites for hydroxylation is 1. The number of rotatable bonds is 7. The van der Waals surface area contributed by atoms with Gasteiger partial charge in [0.05, 0.1) is 5.25 Å². The number of carbonyl (C=O) groups is 1. The number of hydrogen-bond acceptors (Lipinski definition) is 6. The highest BCUT2D eigenvalue weighted by Gasteiger charge is 2.22. The Morgan fingerprint density at radius 1 is 1.30 bits per heavy atom. The lowest BCUT2D eigenvalue weighted by molar-refractivity contribution is -0.115. The molecule has 1 atom stereocenters. The fourth-order valence-corrected chi connectivity index (χ4v) is 4.00. The number of thiazole rings is 1. The Labute approximate surface area is 167 Å². The van der Waals surface area contributed by atoms with Gasteiger partial charge in [0, 0.05) is 23.7 Å². The normalized spacial score (nSPS) is 12.3. The van der Waals surface area contributed by atoms with Crippen LogP contribution in [0.1, 0.15) is 26.3 Å². The first kappa shape index (κ1) is 19.6. The summed E-state index contributed by atoms with van der Waals surface area (Å²) in [7, 11) is 0. The Morgan fingerprint density at radius 2 is 2.11 bits per heavy atom. The molecule has 0 aliphatic heterocycles. The van der Waals surface area contributed by atoms with E-state index in [1.807, 2.05) is 24.4 Å². The maximum atomic E-state index is 12.4. The molecule has 1 aromatic carbocycles. The number of anilines is 1. The van der Waals surface area contributed by atoms with Crippen LogP contribution < -0.4 is 5.32 Å². The highest BCUT2D eigenvalue weighted by Crippen LogP contribution is 2.28. The molecule has 6 nitrogen and oxygen atoms in total. The molecule has 0 fully saturated rings. The van der Waals surface area contributed by atoms with Crippen LogP contribution >= 0.6 is 23.1 Å². The monoisotopic (exact) mass is 401 g/mol. The second-order valence-corrected chi connectivity index (χ2v) is 8.97. The van der Waals surface area contributed by atoms with Crippen LogP contribution in [0.4, 0.5) is 5.13 Å². The maximum absolute atomic E-state index is 12.4. The Kier molecular flexibility index (Phi) is 6.28. The third kappa shape index (κ3) is 4.95. The highest BCUT2D eigenvalue weighted by molar-refractivity contribution is 8.00. The van der Waals surface area contributed by atoms with E-state index in [-0.39, 0.29) is 11.2 Å². The predicted molar refractivity (Wildman–Crippen MR) is 111 cm³/mol. The van der Waals surface area contributed by atoms with E-state index in [0.717, 1.165) is 23.1 Å². The van der Waals surface area contributed by atoms with Gasteiger partial charge in [-0.05, 0) is 25.8 Å². The molecule has 3 aromatic rings. The number of nitrogens with zero attached hydrogens (tertiary/aromatic N) is 4. The lowest BCUT2D eigenvalue weighted by atomic mass is 10.1. The molecular formula is C19H23N5OS2. The van der Waals surface area contributed by atoms with E-state index in [2.05, 4.69) is 58.0 Å². The highest BCUT2D eigenvalue weighted by atomic mass is 32.2.